The average Bonchev–Trinajstić information content (AvgIpc) is 3.39. The van der Waals surface area contributed by atoms with Crippen molar-refractivity contribution in [3.8, 4) is 6.07 Å². The summed E-state index contributed by atoms with van der Waals surface area (Å²) in [6.45, 7) is 1.87. The van der Waals surface area contributed by atoms with E-state index in [0.29, 0.717) is 24.3 Å². The third kappa shape index (κ3) is 5.19. The molecule has 1 aromatic heterocycles. The molecule has 8 nitrogen and oxygen atoms in total. The minimum Gasteiger partial charge on any atom is -0.322 e. The average molecular weight is 505 g/mol. The number of nitriles is 1. The molecule has 0 aliphatic carbocycles. The molecule has 2 amide bonds. The van der Waals surface area contributed by atoms with Gasteiger partial charge in [-0.2, -0.15) is 10.4 Å². The molecule has 4 aromatic rings. The van der Waals surface area contributed by atoms with Crippen LogP contribution in [0.3, 0.4) is 0 Å². The lowest BCUT2D eigenvalue weighted by Gasteiger charge is -2.28. The van der Waals surface area contributed by atoms with E-state index in [0.717, 1.165) is 25.1 Å². The third-order valence-electron chi connectivity index (χ3n) is 6.72. The summed E-state index contributed by atoms with van der Waals surface area (Å²) in [6, 6.07) is 25.2. The number of carbonyl (C=O) groups excluding carboxylic acids is 2. The number of likely N-dealkylation sites (N-methyl/N-ethyl adjacent to an activating group) is 1. The molecule has 3 aromatic carbocycles. The van der Waals surface area contributed by atoms with Crippen LogP contribution in [0, 0.1) is 11.3 Å². The number of anilines is 2. The lowest BCUT2D eigenvalue weighted by atomic mass is 9.97. The van der Waals surface area contributed by atoms with Gasteiger partial charge >= 0.3 is 0 Å². The molecule has 0 spiro atoms. The van der Waals surface area contributed by atoms with Crippen LogP contribution in [0.25, 0.3) is 0 Å². The van der Waals surface area contributed by atoms with Crippen LogP contribution in [0.4, 0.5) is 11.4 Å². The molecule has 0 atom stereocenters. The molecule has 2 heterocycles. The maximum Gasteiger partial charge on any atom is 0.277 e. The van der Waals surface area contributed by atoms with Gasteiger partial charge < -0.3 is 15.5 Å². The van der Waals surface area contributed by atoms with E-state index in [2.05, 4.69) is 58.2 Å². The highest BCUT2D eigenvalue weighted by atomic mass is 16.2. The highest BCUT2D eigenvalue weighted by Crippen LogP contribution is 2.25. The van der Waals surface area contributed by atoms with Crippen LogP contribution >= 0.6 is 0 Å². The van der Waals surface area contributed by atoms with Gasteiger partial charge in [0, 0.05) is 17.9 Å². The molecule has 0 bridgehead atoms. The van der Waals surface area contributed by atoms with E-state index in [1.807, 2.05) is 19.2 Å². The summed E-state index contributed by atoms with van der Waals surface area (Å²) in [4.78, 5) is 28.2. The summed E-state index contributed by atoms with van der Waals surface area (Å²) in [5, 5.41) is 19.4. The Hall–Kier alpha value is -4.74. The van der Waals surface area contributed by atoms with Crippen molar-refractivity contribution in [2.75, 3.05) is 30.4 Å². The Morgan fingerprint density at radius 2 is 1.82 bits per heavy atom. The number of benzene rings is 3. The number of nitrogens with zero attached hydrogens (tertiary/aromatic N) is 4. The van der Waals surface area contributed by atoms with Crippen molar-refractivity contribution in [1.82, 2.24) is 15.1 Å². The molecule has 1 aliphatic rings. The molecule has 0 unspecified atom stereocenters. The van der Waals surface area contributed by atoms with Gasteiger partial charge in [-0.15, -0.1) is 0 Å². The highest BCUT2D eigenvalue weighted by molar-refractivity contribution is 6.15. The van der Waals surface area contributed by atoms with Crippen LogP contribution in [0.15, 0.2) is 79.0 Å². The fraction of sp³-hybridized carbons (Fsp3) is 0.200. The highest BCUT2D eigenvalue weighted by Gasteiger charge is 2.32. The Morgan fingerprint density at radius 3 is 2.58 bits per heavy atom. The zero-order valence-electron chi connectivity index (χ0n) is 21.1. The van der Waals surface area contributed by atoms with Crippen LogP contribution < -0.4 is 15.5 Å². The number of rotatable bonds is 8. The normalized spacial score (nSPS) is 12.6. The standard InChI is InChI=1S/C30H28N6O2/c1-32-14-13-23-6-2-3-7-24(23)17-21-9-11-26(12-10-21)35-15-16-36-28(30(35)38)27(20-33-36)29(37)34-25-8-4-5-22(18-25)19-31/h2-12,18,20,32H,13-17H2,1H3,(H,34,37). The monoisotopic (exact) mass is 504 g/mol. The Kier molecular flexibility index (Phi) is 7.29. The summed E-state index contributed by atoms with van der Waals surface area (Å²) < 4.78 is 1.58. The van der Waals surface area contributed by atoms with Gasteiger partial charge in [-0.1, -0.05) is 42.5 Å². The molecule has 190 valence electrons. The summed E-state index contributed by atoms with van der Waals surface area (Å²) in [7, 11) is 1.96. The molecule has 0 saturated heterocycles. The second-order valence-electron chi connectivity index (χ2n) is 9.20. The zero-order chi connectivity index (χ0) is 26.5. The predicted octanol–water partition coefficient (Wildman–Crippen LogP) is 4.02. The minimum absolute atomic E-state index is 0.205. The lowest BCUT2D eigenvalue weighted by Crippen LogP contribution is -2.41. The van der Waals surface area contributed by atoms with E-state index in [-0.39, 0.29) is 17.2 Å². The van der Waals surface area contributed by atoms with E-state index in [4.69, 9.17) is 5.26 Å². The van der Waals surface area contributed by atoms with Crippen molar-refractivity contribution in [1.29, 1.82) is 5.26 Å². The van der Waals surface area contributed by atoms with Crippen molar-refractivity contribution in [3.05, 3.63) is 113 Å². The number of carbonyl (C=O) groups is 2. The van der Waals surface area contributed by atoms with Gasteiger partial charge in [0.15, 0.2) is 0 Å². The number of aromatic nitrogens is 2. The van der Waals surface area contributed by atoms with E-state index in [1.165, 1.54) is 22.9 Å². The fourth-order valence-electron chi connectivity index (χ4n) is 4.73. The Balaban J connectivity index is 1.32. The molecule has 8 heteroatoms. The van der Waals surface area contributed by atoms with Crippen molar-refractivity contribution in [2.24, 2.45) is 0 Å². The Labute approximate surface area is 221 Å². The number of fused-ring (bicyclic) bond motifs is 1. The van der Waals surface area contributed by atoms with E-state index in [9.17, 15) is 9.59 Å². The third-order valence-corrected chi connectivity index (χ3v) is 6.72. The Bertz CT molecular complexity index is 1520. The number of nitrogens with one attached hydrogen (secondary N) is 2. The van der Waals surface area contributed by atoms with Crippen LogP contribution in [-0.2, 0) is 19.4 Å². The summed E-state index contributed by atoms with van der Waals surface area (Å²) in [6.07, 6.45) is 3.22. The minimum atomic E-state index is -0.441. The van der Waals surface area contributed by atoms with Crippen molar-refractivity contribution >= 4 is 23.2 Å². The molecule has 1 aliphatic heterocycles. The molecule has 0 radical (unpaired) electrons. The summed E-state index contributed by atoms with van der Waals surface area (Å²) in [5.41, 5.74) is 5.95. The van der Waals surface area contributed by atoms with Gasteiger partial charge in [0.2, 0.25) is 0 Å². The molecule has 2 N–H and O–H groups in total. The van der Waals surface area contributed by atoms with E-state index < -0.39 is 5.91 Å². The van der Waals surface area contributed by atoms with Crippen LogP contribution in [0.5, 0.6) is 0 Å². The topological polar surface area (TPSA) is 103 Å². The van der Waals surface area contributed by atoms with Gasteiger partial charge in [-0.05, 0) is 73.5 Å². The molecule has 0 saturated carbocycles. The summed E-state index contributed by atoms with van der Waals surface area (Å²) in [5.74, 6) is -0.710. The van der Waals surface area contributed by atoms with Crippen molar-refractivity contribution < 1.29 is 9.59 Å². The van der Waals surface area contributed by atoms with Crippen LogP contribution in [0.2, 0.25) is 0 Å². The lowest BCUT2D eigenvalue weighted by molar-refractivity contribution is 0.0947. The zero-order valence-corrected chi connectivity index (χ0v) is 21.1. The van der Waals surface area contributed by atoms with Crippen molar-refractivity contribution in [2.45, 2.75) is 19.4 Å². The smallest absolute Gasteiger partial charge is 0.277 e. The van der Waals surface area contributed by atoms with E-state index >= 15 is 0 Å². The van der Waals surface area contributed by atoms with Crippen LogP contribution in [0.1, 0.15) is 43.1 Å². The maximum atomic E-state index is 13.5. The first-order valence-electron chi connectivity index (χ1n) is 12.6. The largest absolute Gasteiger partial charge is 0.322 e. The first kappa shape index (κ1) is 24.9. The maximum absolute atomic E-state index is 13.5. The SMILES string of the molecule is CNCCc1ccccc1Cc1ccc(N2CCn3ncc(C(=O)Nc4cccc(C#N)c4)c3C2=O)cc1. The second kappa shape index (κ2) is 11.1. The fourth-order valence-corrected chi connectivity index (χ4v) is 4.73. The van der Waals surface area contributed by atoms with Crippen LogP contribution in [-0.4, -0.2) is 41.7 Å². The number of hydrogen-bond donors (Lipinski definition) is 2. The molecule has 0 fully saturated rings. The number of amides is 2. The quantitative estimate of drug-likeness (QED) is 0.377. The predicted molar refractivity (Wildman–Crippen MR) is 146 cm³/mol. The van der Waals surface area contributed by atoms with Gasteiger partial charge in [0.25, 0.3) is 11.8 Å². The van der Waals surface area contributed by atoms with Gasteiger partial charge in [-0.25, -0.2) is 0 Å². The van der Waals surface area contributed by atoms with Gasteiger partial charge in [0.1, 0.15) is 5.69 Å². The summed E-state index contributed by atoms with van der Waals surface area (Å²) >= 11 is 0. The number of hydrogen-bond acceptors (Lipinski definition) is 5. The van der Waals surface area contributed by atoms with Gasteiger partial charge in [0.05, 0.1) is 29.9 Å². The molecular weight excluding hydrogens is 476 g/mol. The first-order chi connectivity index (χ1) is 18.6. The van der Waals surface area contributed by atoms with Gasteiger partial charge in [-0.3, -0.25) is 14.3 Å². The molecule has 5 rings (SSSR count). The first-order valence-corrected chi connectivity index (χ1v) is 12.6. The molecule has 38 heavy (non-hydrogen) atoms. The Morgan fingerprint density at radius 1 is 1.03 bits per heavy atom. The second-order valence-corrected chi connectivity index (χ2v) is 9.20. The van der Waals surface area contributed by atoms with Crippen molar-refractivity contribution in [3.63, 3.8) is 0 Å². The molecular formula is C30H28N6O2. The van der Waals surface area contributed by atoms with E-state index in [1.54, 1.807) is 33.8 Å².